The van der Waals surface area contributed by atoms with Gasteiger partial charge in [-0.05, 0) is 36.8 Å². The molecule has 8 nitrogen and oxygen atoms in total. The van der Waals surface area contributed by atoms with Gasteiger partial charge in [-0.1, -0.05) is 23.7 Å². The Hall–Kier alpha value is -3.43. The first-order chi connectivity index (χ1) is 15.0. The number of rotatable bonds is 6. The number of fused-ring (bicyclic) bond motifs is 1. The van der Waals surface area contributed by atoms with Crippen molar-refractivity contribution < 1.29 is 18.7 Å². The summed E-state index contributed by atoms with van der Waals surface area (Å²) in [6.07, 6.45) is 1.50. The van der Waals surface area contributed by atoms with Crippen molar-refractivity contribution in [3.8, 4) is 11.1 Å². The molecular formula is C21H16ClN3O5S. The zero-order valence-electron chi connectivity index (χ0n) is 16.3. The van der Waals surface area contributed by atoms with Crippen LogP contribution in [0.15, 0.2) is 57.2 Å². The molecule has 1 amide bonds. The molecule has 1 aromatic carbocycles. The molecule has 4 aromatic rings. The summed E-state index contributed by atoms with van der Waals surface area (Å²) < 4.78 is 11.4. The molecule has 10 heteroatoms. The van der Waals surface area contributed by atoms with E-state index >= 15 is 0 Å². The second kappa shape index (κ2) is 8.75. The molecule has 31 heavy (non-hydrogen) atoms. The lowest BCUT2D eigenvalue weighted by Gasteiger charge is -2.09. The van der Waals surface area contributed by atoms with Crippen molar-refractivity contribution in [1.29, 1.82) is 0 Å². The summed E-state index contributed by atoms with van der Waals surface area (Å²) in [6.45, 7) is 1.57. The van der Waals surface area contributed by atoms with Gasteiger partial charge in [-0.25, -0.2) is 19.1 Å². The number of nitrogens with zero attached hydrogens (tertiary/aromatic N) is 2. The van der Waals surface area contributed by atoms with Gasteiger partial charge in [-0.3, -0.25) is 4.79 Å². The minimum Gasteiger partial charge on any atom is -0.462 e. The fraction of sp³-hybridized carbons (Fsp3) is 0.143. The van der Waals surface area contributed by atoms with Crippen LogP contribution in [0.1, 0.15) is 17.3 Å². The molecule has 0 radical (unpaired) electrons. The third kappa shape index (κ3) is 4.23. The molecule has 0 aliphatic rings. The highest BCUT2D eigenvalue weighted by molar-refractivity contribution is 7.15. The van der Waals surface area contributed by atoms with Gasteiger partial charge in [-0.15, -0.1) is 11.3 Å². The van der Waals surface area contributed by atoms with E-state index in [4.69, 9.17) is 20.8 Å². The van der Waals surface area contributed by atoms with Gasteiger partial charge < -0.3 is 14.5 Å². The number of amides is 1. The lowest BCUT2D eigenvalue weighted by molar-refractivity contribution is -0.116. The molecule has 0 fully saturated rings. The Bertz CT molecular complexity index is 1320. The van der Waals surface area contributed by atoms with Crippen molar-refractivity contribution in [2.45, 2.75) is 13.5 Å². The molecule has 4 rings (SSSR count). The van der Waals surface area contributed by atoms with Crippen LogP contribution in [0.4, 0.5) is 5.00 Å². The number of benzene rings is 1. The first-order valence-corrected chi connectivity index (χ1v) is 10.5. The quantitative estimate of drug-likeness (QED) is 0.435. The maximum atomic E-state index is 12.7. The van der Waals surface area contributed by atoms with Crippen molar-refractivity contribution in [3.63, 3.8) is 0 Å². The number of halogens is 1. The van der Waals surface area contributed by atoms with E-state index in [1.807, 2.05) is 0 Å². The van der Waals surface area contributed by atoms with Gasteiger partial charge in [0.2, 0.25) is 5.91 Å². The highest BCUT2D eigenvalue weighted by Gasteiger charge is 2.23. The van der Waals surface area contributed by atoms with Crippen molar-refractivity contribution in [2.75, 3.05) is 11.9 Å². The molecule has 0 saturated heterocycles. The second-order valence-electron chi connectivity index (χ2n) is 6.41. The summed E-state index contributed by atoms with van der Waals surface area (Å²) in [5, 5.41) is 5.35. The average molecular weight is 458 g/mol. The molecule has 0 aliphatic carbocycles. The Kier molecular flexibility index (Phi) is 5.88. The van der Waals surface area contributed by atoms with Crippen LogP contribution in [0.2, 0.25) is 5.02 Å². The van der Waals surface area contributed by atoms with Crippen LogP contribution in [0.5, 0.6) is 0 Å². The van der Waals surface area contributed by atoms with Crippen molar-refractivity contribution >= 4 is 51.0 Å². The SMILES string of the molecule is CCOC(=O)c1c(-c2ccc(Cl)cc2)csc1NC(=O)Cn1c(=O)oc2cccnc21. The van der Waals surface area contributed by atoms with Crippen molar-refractivity contribution in [2.24, 2.45) is 0 Å². The number of nitrogens with one attached hydrogen (secondary N) is 1. The summed E-state index contributed by atoms with van der Waals surface area (Å²) in [6, 6.07) is 10.2. The number of oxazole rings is 1. The lowest BCUT2D eigenvalue weighted by atomic mass is 10.0. The van der Waals surface area contributed by atoms with Crippen molar-refractivity contribution in [1.82, 2.24) is 9.55 Å². The number of esters is 1. The molecule has 3 heterocycles. The van der Waals surface area contributed by atoms with E-state index in [1.165, 1.54) is 17.5 Å². The summed E-state index contributed by atoms with van der Waals surface area (Å²) in [5.74, 6) is -1.76. The van der Waals surface area contributed by atoms with Gasteiger partial charge in [-0.2, -0.15) is 0 Å². The molecule has 3 aromatic heterocycles. The van der Waals surface area contributed by atoms with E-state index in [2.05, 4.69) is 10.3 Å². The smallest absolute Gasteiger partial charge is 0.421 e. The molecular weight excluding hydrogens is 442 g/mol. The van der Waals surface area contributed by atoms with Crippen LogP contribution in [0.3, 0.4) is 0 Å². The van der Waals surface area contributed by atoms with Crippen LogP contribution in [-0.2, 0) is 16.1 Å². The van der Waals surface area contributed by atoms with E-state index in [0.29, 0.717) is 15.6 Å². The second-order valence-corrected chi connectivity index (χ2v) is 7.72. The number of ether oxygens (including phenoxy) is 1. The Balaban J connectivity index is 1.65. The van der Waals surface area contributed by atoms with Gasteiger partial charge in [0.25, 0.3) is 0 Å². The van der Waals surface area contributed by atoms with E-state index in [9.17, 15) is 14.4 Å². The molecule has 0 aliphatic heterocycles. The molecule has 1 N–H and O–H groups in total. The highest BCUT2D eigenvalue weighted by Crippen LogP contribution is 2.36. The van der Waals surface area contributed by atoms with Crippen LogP contribution in [0.25, 0.3) is 22.4 Å². The maximum Gasteiger partial charge on any atom is 0.421 e. The fourth-order valence-corrected chi connectivity index (χ4v) is 4.15. The number of thiophene rings is 1. The normalized spacial score (nSPS) is 10.9. The third-order valence-electron chi connectivity index (χ3n) is 4.40. The first kappa shape index (κ1) is 20.8. The summed E-state index contributed by atoms with van der Waals surface area (Å²) in [4.78, 5) is 41.5. The Morgan fingerprint density at radius 1 is 1.26 bits per heavy atom. The number of carbonyl (C=O) groups is 2. The van der Waals surface area contributed by atoms with Crippen LogP contribution >= 0.6 is 22.9 Å². The summed E-state index contributed by atoms with van der Waals surface area (Å²) in [7, 11) is 0. The predicted octanol–water partition coefficient (Wildman–Crippen LogP) is 4.19. The minimum absolute atomic E-state index is 0.185. The number of hydrogen-bond acceptors (Lipinski definition) is 7. The Morgan fingerprint density at radius 3 is 2.77 bits per heavy atom. The van der Waals surface area contributed by atoms with E-state index in [0.717, 1.165) is 10.1 Å². The summed E-state index contributed by atoms with van der Waals surface area (Å²) in [5.41, 5.74) is 2.16. The van der Waals surface area contributed by atoms with Gasteiger partial charge in [0, 0.05) is 22.2 Å². The average Bonchev–Trinajstić information content (AvgIpc) is 3.30. The predicted molar refractivity (Wildman–Crippen MR) is 118 cm³/mol. The Morgan fingerprint density at radius 2 is 2.03 bits per heavy atom. The molecule has 158 valence electrons. The molecule has 0 saturated carbocycles. The van der Waals surface area contributed by atoms with E-state index < -0.39 is 17.6 Å². The monoisotopic (exact) mass is 457 g/mol. The van der Waals surface area contributed by atoms with Gasteiger partial charge in [0.1, 0.15) is 17.1 Å². The number of aromatic nitrogens is 2. The molecule has 0 bridgehead atoms. The van der Waals surface area contributed by atoms with Gasteiger partial charge in [0.05, 0.1) is 6.61 Å². The van der Waals surface area contributed by atoms with E-state index in [-0.39, 0.29) is 29.9 Å². The largest absolute Gasteiger partial charge is 0.462 e. The summed E-state index contributed by atoms with van der Waals surface area (Å²) >= 11 is 7.15. The fourth-order valence-electron chi connectivity index (χ4n) is 3.05. The molecule has 0 unspecified atom stereocenters. The third-order valence-corrected chi connectivity index (χ3v) is 5.55. The number of carbonyl (C=O) groups excluding carboxylic acids is 2. The highest BCUT2D eigenvalue weighted by atomic mass is 35.5. The number of pyridine rings is 1. The van der Waals surface area contributed by atoms with Gasteiger partial charge >= 0.3 is 11.7 Å². The lowest BCUT2D eigenvalue weighted by Crippen LogP contribution is -2.25. The van der Waals surface area contributed by atoms with Crippen molar-refractivity contribution in [3.05, 3.63) is 69.1 Å². The molecule has 0 atom stereocenters. The standard InChI is InChI=1S/C21H16ClN3O5S/c1-2-29-20(27)17-14(12-5-7-13(22)8-6-12)11-31-19(17)24-16(26)10-25-18-15(30-21(25)28)4-3-9-23-18/h3-9,11H,2,10H2,1H3,(H,24,26). The maximum absolute atomic E-state index is 12.7. The van der Waals surface area contributed by atoms with E-state index in [1.54, 1.807) is 48.7 Å². The Labute approximate surface area is 185 Å². The topological polar surface area (TPSA) is 103 Å². The van der Waals surface area contributed by atoms with Crippen LogP contribution in [-0.4, -0.2) is 28.0 Å². The zero-order valence-corrected chi connectivity index (χ0v) is 17.8. The first-order valence-electron chi connectivity index (χ1n) is 9.26. The number of anilines is 1. The van der Waals surface area contributed by atoms with Crippen LogP contribution in [0, 0.1) is 0 Å². The number of hydrogen-bond donors (Lipinski definition) is 1. The van der Waals surface area contributed by atoms with Gasteiger partial charge in [0.15, 0.2) is 11.2 Å². The zero-order chi connectivity index (χ0) is 22.0. The minimum atomic E-state index is -0.692. The molecule has 0 spiro atoms. The van der Waals surface area contributed by atoms with Crippen LogP contribution < -0.4 is 11.1 Å².